The molecule has 2 rings (SSSR count). The molecule has 1 aliphatic heterocycles. The lowest BCUT2D eigenvalue weighted by molar-refractivity contribution is -0.122. The van der Waals surface area contributed by atoms with E-state index in [-0.39, 0.29) is 36.1 Å². The highest BCUT2D eigenvalue weighted by molar-refractivity contribution is 5.85. The number of halogens is 2. The van der Waals surface area contributed by atoms with Crippen LogP contribution in [0.25, 0.3) is 0 Å². The standard InChI is InChI=1S/C14H24N4O2.2ClH/c1-20-11-14(3-5-15-6-4-14)10-17-13(19)2-8-18-9-7-16-12-18;;/h7,9,12,15H,2-6,8,10-11H2,1H3,(H,17,19);2*1H. The second-order valence-electron chi connectivity index (χ2n) is 5.51. The Hall–Kier alpha value is -0.820. The maximum Gasteiger partial charge on any atom is 0.221 e. The molecule has 1 amide bonds. The van der Waals surface area contributed by atoms with Gasteiger partial charge in [-0.15, -0.1) is 24.8 Å². The van der Waals surface area contributed by atoms with E-state index in [2.05, 4.69) is 15.6 Å². The van der Waals surface area contributed by atoms with Gasteiger partial charge < -0.3 is 19.9 Å². The maximum atomic E-state index is 11.9. The van der Waals surface area contributed by atoms with E-state index in [4.69, 9.17) is 4.74 Å². The van der Waals surface area contributed by atoms with Gasteiger partial charge in [-0.1, -0.05) is 0 Å². The number of piperidine rings is 1. The lowest BCUT2D eigenvalue weighted by Crippen LogP contribution is -2.47. The van der Waals surface area contributed by atoms with Gasteiger partial charge in [0.25, 0.3) is 0 Å². The molecule has 6 nitrogen and oxygen atoms in total. The van der Waals surface area contributed by atoms with Crippen molar-refractivity contribution in [2.45, 2.75) is 25.8 Å². The van der Waals surface area contributed by atoms with Crippen LogP contribution in [0.1, 0.15) is 19.3 Å². The molecule has 0 spiro atoms. The number of methoxy groups -OCH3 is 1. The molecule has 0 saturated carbocycles. The van der Waals surface area contributed by atoms with Gasteiger partial charge in [-0.05, 0) is 25.9 Å². The predicted molar refractivity (Wildman–Crippen MR) is 90.8 cm³/mol. The Morgan fingerprint density at radius 2 is 2.14 bits per heavy atom. The van der Waals surface area contributed by atoms with E-state index >= 15 is 0 Å². The summed E-state index contributed by atoms with van der Waals surface area (Å²) in [5, 5.41) is 6.41. The van der Waals surface area contributed by atoms with Crippen molar-refractivity contribution in [2.24, 2.45) is 5.41 Å². The molecule has 0 aliphatic carbocycles. The largest absolute Gasteiger partial charge is 0.384 e. The number of ether oxygens (including phenoxy) is 1. The minimum atomic E-state index is 0. The van der Waals surface area contributed by atoms with Gasteiger partial charge in [0.2, 0.25) is 5.91 Å². The van der Waals surface area contributed by atoms with Gasteiger partial charge >= 0.3 is 0 Å². The summed E-state index contributed by atoms with van der Waals surface area (Å²) in [6.07, 6.45) is 7.89. The molecule has 8 heteroatoms. The lowest BCUT2D eigenvalue weighted by atomic mass is 9.79. The number of hydrogen-bond donors (Lipinski definition) is 2. The van der Waals surface area contributed by atoms with Gasteiger partial charge in [0.05, 0.1) is 12.9 Å². The molecular weight excluding hydrogens is 327 g/mol. The number of imidazole rings is 1. The molecule has 0 aromatic carbocycles. The third-order valence-corrected chi connectivity index (χ3v) is 3.93. The molecule has 1 fully saturated rings. The van der Waals surface area contributed by atoms with E-state index in [9.17, 15) is 4.79 Å². The number of amides is 1. The normalized spacial score (nSPS) is 16.2. The maximum absolute atomic E-state index is 11.9. The molecule has 2 heterocycles. The summed E-state index contributed by atoms with van der Waals surface area (Å²) in [4.78, 5) is 15.9. The summed E-state index contributed by atoms with van der Waals surface area (Å²) >= 11 is 0. The fourth-order valence-electron chi connectivity index (χ4n) is 2.66. The highest BCUT2D eigenvalue weighted by atomic mass is 35.5. The van der Waals surface area contributed by atoms with E-state index in [1.165, 1.54) is 0 Å². The number of carbonyl (C=O) groups is 1. The van der Waals surface area contributed by atoms with Crippen LogP contribution in [-0.4, -0.2) is 48.8 Å². The second-order valence-corrected chi connectivity index (χ2v) is 5.51. The molecule has 22 heavy (non-hydrogen) atoms. The minimum absolute atomic E-state index is 0. The fraction of sp³-hybridized carbons (Fsp3) is 0.714. The molecule has 0 bridgehead atoms. The van der Waals surface area contributed by atoms with Gasteiger partial charge in [0.1, 0.15) is 0 Å². The zero-order valence-corrected chi connectivity index (χ0v) is 14.5. The third kappa shape index (κ3) is 6.52. The van der Waals surface area contributed by atoms with Crippen molar-refractivity contribution < 1.29 is 9.53 Å². The predicted octanol–water partition coefficient (Wildman–Crippen LogP) is 1.25. The third-order valence-electron chi connectivity index (χ3n) is 3.93. The highest BCUT2D eigenvalue weighted by Gasteiger charge is 2.32. The number of hydrogen-bond acceptors (Lipinski definition) is 4. The number of aryl methyl sites for hydroxylation is 1. The summed E-state index contributed by atoms with van der Waals surface area (Å²) in [7, 11) is 1.73. The number of nitrogens with one attached hydrogen (secondary N) is 2. The van der Waals surface area contributed by atoms with Crippen LogP contribution in [0.5, 0.6) is 0 Å². The summed E-state index contributed by atoms with van der Waals surface area (Å²) < 4.78 is 7.26. The number of aromatic nitrogens is 2. The highest BCUT2D eigenvalue weighted by Crippen LogP contribution is 2.28. The Bertz CT molecular complexity index is 403. The van der Waals surface area contributed by atoms with Crippen molar-refractivity contribution >= 4 is 30.7 Å². The summed E-state index contributed by atoms with van der Waals surface area (Å²) in [6.45, 7) is 4.06. The topological polar surface area (TPSA) is 68.2 Å². The van der Waals surface area contributed by atoms with E-state index in [1.807, 2.05) is 10.8 Å². The van der Waals surface area contributed by atoms with Crippen LogP contribution in [0.2, 0.25) is 0 Å². The summed E-state index contributed by atoms with van der Waals surface area (Å²) in [5.74, 6) is 0.0905. The smallest absolute Gasteiger partial charge is 0.221 e. The van der Waals surface area contributed by atoms with Crippen LogP contribution in [0, 0.1) is 5.41 Å². The van der Waals surface area contributed by atoms with E-state index in [0.29, 0.717) is 26.1 Å². The summed E-state index contributed by atoms with van der Waals surface area (Å²) in [6, 6.07) is 0. The van der Waals surface area contributed by atoms with Crippen molar-refractivity contribution in [2.75, 3.05) is 33.4 Å². The van der Waals surface area contributed by atoms with Crippen LogP contribution in [0.4, 0.5) is 0 Å². The molecule has 0 radical (unpaired) electrons. The second kappa shape index (κ2) is 10.8. The average Bonchev–Trinajstić information content (AvgIpc) is 2.98. The number of rotatable bonds is 7. The molecular formula is C14H26Cl2N4O2. The quantitative estimate of drug-likeness (QED) is 0.774. The minimum Gasteiger partial charge on any atom is -0.384 e. The van der Waals surface area contributed by atoms with Crippen LogP contribution < -0.4 is 10.6 Å². The van der Waals surface area contributed by atoms with Crippen molar-refractivity contribution in [3.05, 3.63) is 18.7 Å². The molecule has 128 valence electrons. The van der Waals surface area contributed by atoms with Crippen molar-refractivity contribution in [1.29, 1.82) is 0 Å². The molecule has 1 aromatic rings. The van der Waals surface area contributed by atoms with Gasteiger partial charge in [-0.25, -0.2) is 4.98 Å². The molecule has 0 atom stereocenters. The SMILES string of the molecule is COCC1(CNC(=O)CCn2ccnc2)CCNCC1.Cl.Cl. The van der Waals surface area contributed by atoms with Crippen molar-refractivity contribution in [1.82, 2.24) is 20.2 Å². The first-order valence-electron chi connectivity index (χ1n) is 7.16. The van der Waals surface area contributed by atoms with Crippen molar-refractivity contribution in [3.8, 4) is 0 Å². The lowest BCUT2D eigenvalue weighted by Gasteiger charge is -2.37. The Balaban J connectivity index is 0.00000220. The van der Waals surface area contributed by atoms with Crippen LogP contribution in [-0.2, 0) is 16.1 Å². The van der Waals surface area contributed by atoms with Crippen LogP contribution >= 0.6 is 24.8 Å². The molecule has 0 unspecified atom stereocenters. The zero-order valence-electron chi connectivity index (χ0n) is 12.9. The first kappa shape index (κ1) is 21.2. The first-order valence-corrected chi connectivity index (χ1v) is 7.16. The Kier molecular flexibility index (Phi) is 10.4. The Labute approximate surface area is 144 Å². The van der Waals surface area contributed by atoms with Gasteiger partial charge in [-0.3, -0.25) is 4.79 Å². The van der Waals surface area contributed by atoms with Gasteiger partial charge in [0, 0.05) is 44.4 Å². The molecule has 2 N–H and O–H groups in total. The fourth-order valence-corrected chi connectivity index (χ4v) is 2.66. The molecule has 1 aromatic heterocycles. The van der Waals surface area contributed by atoms with Gasteiger partial charge in [-0.2, -0.15) is 0 Å². The van der Waals surface area contributed by atoms with E-state index in [0.717, 1.165) is 25.9 Å². The number of carbonyl (C=O) groups excluding carboxylic acids is 1. The van der Waals surface area contributed by atoms with E-state index in [1.54, 1.807) is 19.6 Å². The van der Waals surface area contributed by atoms with Gasteiger partial charge in [0.15, 0.2) is 0 Å². The molecule has 1 saturated heterocycles. The average molecular weight is 353 g/mol. The van der Waals surface area contributed by atoms with Crippen molar-refractivity contribution in [3.63, 3.8) is 0 Å². The Morgan fingerprint density at radius 3 is 2.73 bits per heavy atom. The number of nitrogens with zero attached hydrogens (tertiary/aromatic N) is 2. The van der Waals surface area contributed by atoms with Crippen LogP contribution in [0.15, 0.2) is 18.7 Å². The first-order chi connectivity index (χ1) is 9.74. The summed E-state index contributed by atoms with van der Waals surface area (Å²) in [5.41, 5.74) is 0.0880. The zero-order chi connectivity index (χ0) is 14.3. The van der Waals surface area contributed by atoms with Crippen LogP contribution in [0.3, 0.4) is 0 Å². The molecule has 1 aliphatic rings. The monoisotopic (exact) mass is 352 g/mol. The Morgan fingerprint density at radius 1 is 1.41 bits per heavy atom. The van der Waals surface area contributed by atoms with E-state index < -0.39 is 0 Å².